The number of hydrogen-bond acceptors (Lipinski definition) is 4. The van der Waals surface area contributed by atoms with Crippen LogP contribution in [0.25, 0.3) is 0 Å². The molecule has 0 unspecified atom stereocenters. The van der Waals surface area contributed by atoms with Crippen LogP contribution in [0.2, 0.25) is 0 Å². The van der Waals surface area contributed by atoms with Gasteiger partial charge in [0, 0.05) is 28.8 Å². The molecule has 0 aliphatic carbocycles. The van der Waals surface area contributed by atoms with Crippen LogP contribution in [0.1, 0.15) is 27.0 Å². The zero-order chi connectivity index (χ0) is 17.6. The predicted octanol–water partition coefficient (Wildman–Crippen LogP) is 3.35. The van der Waals surface area contributed by atoms with E-state index in [2.05, 4.69) is 44.3 Å². The molecule has 0 amide bonds. The maximum Gasteiger partial charge on any atom is 0.337 e. The van der Waals surface area contributed by atoms with Crippen molar-refractivity contribution in [2.75, 3.05) is 19.2 Å². The number of benzene rings is 2. The van der Waals surface area contributed by atoms with Crippen LogP contribution in [-0.4, -0.2) is 25.2 Å². The molecule has 0 saturated heterocycles. The number of fused-ring (bicyclic) bond motifs is 1. The van der Waals surface area contributed by atoms with Crippen molar-refractivity contribution in [3.8, 4) is 35.2 Å². The lowest BCUT2D eigenvalue weighted by molar-refractivity contribution is 0.0600. The van der Waals surface area contributed by atoms with Gasteiger partial charge in [-0.2, -0.15) is 0 Å². The van der Waals surface area contributed by atoms with E-state index in [1.165, 1.54) is 7.11 Å². The lowest BCUT2D eigenvalue weighted by Gasteiger charge is -2.01. The van der Waals surface area contributed by atoms with Crippen molar-refractivity contribution < 1.29 is 19.0 Å². The number of alkyl halides is 1. The van der Waals surface area contributed by atoms with Gasteiger partial charge in [0.1, 0.15) is 0 Å². The van der Waals surface area contributed by atoms with Gasteiger partial charge in [0.05, 0.1) is 18.0 Å². The Labute approximate surface area is 154 Å². The maximum atomic E-state index is 11.5. The molecule has 25 heavy (non-hydrogen) atoms. The summed E-state index contributed by atoms with van der Waals surface area (Å²) in [5.41, 5.74) is 2.81. The zero-order valence-electron chi connectivity index (χ0n) is 13.4. The highest BCUT2D eigenvalue weighted by Crippen LogP contribution is 2.34. The molecular formula is C20H13BrO4. The van der Waals surface area contributed by atoms with Gasteiger partial charge in [0.25, 0.3) is 0 Å². The SMILES string of the molecule is COC(=O)c1ccc(C#Cc2cc3c(cc2C#CCBr)OCO3)cc1. The quantitative estimate of drug-likeness (QED) is 0.421. The van der Waals surface area contributed by atoms with Gasteiger partial charge in [-0.1, -0.05) is 39.6 Å². The van der Waals surface area contributed by atoms with Crippen molar-refractivity contribution in [2.45, 2.75) is 0 Å². The Balaban J connectivity index is 1.93. The molecule has 1 aliphatic rings. The topological polar surface area (TPSA) is 44.8 Å². The van der Waals surface area contributed by atoms with Crippen LogP contribution in [0.15, 0.2) is 36.4 Å². The normalized spacial score (nSPS) is 11.0. The fourth-order valence-corrected chi connectivity index (χ4v) is 2.36. The summed E-state index contributed by atoms with van der Waals surface area (Å²) in [7, 11) is 1.35. The second-order valence-corrected chi connectivity index (χ2v) is 5.57. The molecule has 1 aliphatic heterocycles. The highest BCUT2D eigenvalue weighted by Gasteiger charge is 2.15. The molecule has 3 rings (SSSR count). The van der Waals surface area contributed by atoms with Crippen molar-refractivity contribution in [1.82, 2.24) is 0 Å². The minimum Gasteiger partial charge on any atom is -0.465 e. The van der Waals surface area contributed by atoms with Gasteiger partial charge in [0.2, 0.25) is 6.79 Å². The van der Waals surface area contributed by atoms with Crippen LogP contribution in [0, 0.1) is 23.7 Å². The van der Waals surface area contributed by atoms with Gasteiger partial charge < -0.3 is 14.2 Å². The van der Waals surface area contributed by atoms with E-state index in [0.29, 0.717) is 22.4 Å². The first kappa shape index (κ1) is 17.0. The second-order valence-electron chi connectivity index (χ2n) is 5.01. The van der Waals surface area contributed by atoms with Crippen molar-refractivity contribution in [3.05, 3.63) is 58.7 Å². The Morgan fingerprint density at radius 3 is 2.32 bits per heavy atom. The van der Waals surface area contributed by atoms with Crippen molar-refractivity contribution >= 4 is 21.9 Å². The van der Waals surface area contributed by atoms with Gasteiger partial charge >= 0.3 is 5.97 Å². The monoisotopic (exact) mass is 396 g/mol. The highest BCUT2D eigenvalue weighted by atomic mass is 79.9. The smallest absolute Gasteiger partial charge is 0.337 e. The maximum absolute atomic E-state index is 11.5. The summed E-state index contributed by atoms with van der Waals surface area (Å²) >= 11 is 3.29. The van der Waals surface area contributed by atoms with E-state index in [4.69, 9.17) is 9.47 Å². The zero-order valence-corrected chi connectivity index (χ0v) is 15.0. The van der Waals surface area contributed by atoms with Crippen LogP contribution in [0.3, 0.4) is 0 Å². The fraction of sp³-hybridized carbons (Fsp3) is 0.150. The largest absolute Gasteiger partial charge is 0.465 e. The van der Waals surface area contributed by atoms with Gasteiger partial charge in [-0.3, -0.25) is 0 Å². The molecule has 0 radical (unpaired) electrons. The third kappa shape index (κ3) is 3.96. The van der Waals surface area contributed by atoms with E-state index in [9.17, 15) is 4.79 Å². The number of methoxy groups -OCH3 is 1. The molecule has 2 aromatic rings. The Morgan fingerprint density at radius 1 is 1.08 bits per heavy atom. The van der Waals surface area contributed by atoms with E-state index in [1.807, 2.05) is 12.1 Å². The molecular weight excluding hydrogens is 384 g/mol. The lowest BCUT2D eigenvalue weighted by atomic mass is 10.1. The molecule has 0 atom stereocenters. The van der Waals surface area contributed by atoms with E-state index >= 15 is 0 Å². The van der Waals surface area contributed by atoms with E-state index in [1.54, 1.807) is 24.3 Å². The number of esters is 1. The minimum atomic E-state index is -0.373. The van der Waals surface area contributed by atoms with Crippen molar-refractivity contribution in [3.63, 3.8) is 0 Å². The number of rotatable bonds is 1. The molecule has 0 spiro atoms. The number of carbonyl (C=O) groups excluding carboxylic acids is 1. The summed E-state index contributed by atoms with van der Waals surface area (Å²) in [5.74, 6) is 13.2. The average Bonchev–Trinajstić information content (AvgIpc) is 3.11. The molecule has 4 nitrogen and oxygen atoms in total. The Kier molecular flexibility index (Phi) is 5.28. The Hall–Kier alpha value is -2.89. The molecule has 1 heterocycles. The van der Waals surface area contributed by atoms with Crippen LogP contribution in [-0.2, 0) is 4.74 Å². The number of halogens is 1. The predicted molar refractivity (Wildman–Crippen MR) is 97.0 cm³/mol. The van der Waals surface area contributed by atoms with Gasteiger partial charge in [-0.15, -0.1) is 0 Å². The van der Waals surface area contributed by atoms with Gasteiger partial charge in [-0.05, 0) is 24.3 Å². The third-order valence-corrected chi connectivity index (χ3v) is 3.73. The Bertz CT molecular complexity index is 924. The molecule has 124 valence electrons. The minimum absolute atomic E-state index is 0.201. The third-order valence-electron chi connectivity index (χ3n) is 3.45. The molecule has 0 fully saturated rings. The second kappa shape index (κ2) is 7.79. The van der Waals surface area contributed by atoms with E-state index in [0.717, 1.165) is 16.7 Å². The first-order chi connectivity index (χ1) is 12.2. The Morgan fingerprint density at radius 2 is 1.72 bits per heavy atom. The summed E-state index contributed by atoms with van der Waals surface area (Å²) in [4.78, 5) is 11.5. The summed E-state index contributed by atoms with van der Waals surface area (Å²) in [6.45, 7) is 0.201. The molecule has 0 bridgehead atoms. The summed E-state index contributed by atoms with van der Waals surface area (Å²) in [6.07, 6.45) is 0. The fourth-order valence-electron chi connectivity index (χ4n) is 2.22. The highest BCUT2D eigenvalue weighted by molar-refractivity contribution is 9.09. The molecule has 5 heteroatoms. The van der Waals surface area contributed by atoms with E-state index in [-0.39, 0.29) is 12.8 Å². The number of carbonyl (C=O) groups is 1. The van der Waals surface area contributed by atoms with Gasteiger partial charge in [0.15, 0.2) is 11.5 Å². The first-order valence-corrected chi connectivity index (χ1v) is 8.52. The lowest BCUT2D eigenvalue weighted by Crippen LogP contribution is -2.00. The van der Waals surface area contributed by atoms with Gasteiger partial charge in [-0.25, -0.2) is 4.79 Å². The molecule has 2 aromatic carbocycles. The van der Waals surface area contributed by atoms with Crippen molar-refractivity contribution in [1.29, 1.82) is 0 Å². The van der Waals surface area contributed by atoms with Crippen LogP contribution >= 0.6 is 15.9 Å². The molecule has 0 N–H and O–H groups in total. The van der Waals surface area contributed by atoms with Crippen LogP contribution in [0.5, 0.6) is 11.5 Å². The number of hydrogen-bond donors (Lipinski definition) is 0. The average molecular weight is 397 g/mol. The summed E-state index contributed by atoms with van der Waals surface area (Å²) in [6, 6.07) is 10.6. The first-order valence-electron chi connectivity index (χ1n) is 7.40. The number of ether oxygens (including phenoxy) is 3. The molecule has 0 saturated carbocycles. The molecule has 0 aromatic heterocycles. The van der Waals surface area contributed by atoms with E-state index < -0.39 is 0 Å². The summed E-state index contributed by atoms with van der Waals surface area (Å²) in [5, 5.41) is 0.573. The summed E-state index contributed by atoms with van der Waals surface area (Å²) < 4.78 is 15.5. The van der Waals surface area contributed by atoms with Crippen LogP contribution < -0.4 is 9.47 Å². The van der Waals surface area contributed by atoms with Crippen molar-refractivity contribution in [2.24, 2.45) is 0 Å². The standard InChI is InChI=1S/C20H13BrO4/c1-23-20(22)15-7-4-14(5-8-15)6-9-17-12-19-18(24-13-25-19)11-16(17)3-2-10-21/h4-5,7-8,11-12H,10,13H2,1H3. The van der Waals surface area contributed by atoms with Crippen LogP contribution in [0.4, 0.5) is 0 Å².